The second kappa shape index (κ2) is 13.7. The van der Waals surface area contributed by atoms with Crippen LogP contribution in [0.25, 0.3) is 0 Å². The third kappa shape index (κ3) is 8.88. The Morgan fingerprint density at radius 1 is 1.00 bits per heavy atom. The number of nitrogens with one attached hydrogen (secondary N) is 2. The molecule has 0 radical (unpaired) electrons. The molecule has 0 unspecified atom stereocenters. The Labute approximate surface area is 205 Å². The lowest BCUT2D eigenvalue weighted by molar-refractivity contribution is -0.141. The van der Waals surface area contributed by atoms with Crippen LogP contribution in [0.15, 0.2) is 29.2 Å². The van der Waals surface area contributed by atoms with Crippen molar-refractivity contribution in [1.29, 1.82) is 0 Å². The van der Waals surface area contributed by atoms with Crippen molar-refractivity contribution < 1.29 is 23.4 Å². The summed E-state index contributed by atoms with van der Waals surface area (Å²) in [6, 6.07) is 6.07. The van der Waals surface area contributed by atoms with E-state index in [1.54, 1.807) is 31.3 Å². The van der Waals surface area contributed by atoms with Gasteiger partial charge >= 0.3 is 5.97 Å². The summed E-state index contributed by atoms with van der Waals surface area (Å²) in [5, 5.41) is 13.6. The van der Waals surface area contributed by atoms with Crippen LogP contribution in [0.1, 0.15) is 71.2 Å². The molecule has 0 heterocycles. The molecule has 7 N–H and O–H groups in total. The molecular formula is C24H43FN4O4S. The maximum absolute atomic E-state index is 15.9. The number of carboxylic acid groups (broad SMARTS) is 1. The lowest BCUT2D eigenvalue weighted by Gasteiger charge is -2.52. The van der Waals surface area contributed by atoms with Crippen molar-refractivity contribution in [2.75, 3.05) is 20.1 Å². The van der Waals surface area contributed by atoms with E-state index in [4.69, 9.17) is 16.6 Å². The zero-order valence-electron chi connectivity index (χ0n) is 21.5. The van der Waals surface area contributed by atoms with Gasteiger partial charge in [-0.1, -0.05) is 10.4 Å². The summed E-state index contributed by atoms with van der Waals surface area (Å²) in [7, 11) is -0.942. The van der Waals surface area contributed by atoms with E-state index in [-0.39, 0.29) is 12.5 Å². The van der Waals surface area contributed by atoms with Crippen molar-refractivity contribution >= 4 is 28.2 Å². The first-order valence-corrected chi connectivity index (χ1v) is 12.9. The van der Waals surface area contributed by atoms with Crippen LogP contribution in [0.3, 0.4) is 0 Å². The van der Waals surface area contributed by atoms with Crippen molar-refractivity contribution in [3.05, 3.63) is 29.8 Å². The van der Waals surface area contributed by atoms with Crippen LogP contribution in [0.5, 0.6) is 0 Å². The highest BCUT2D eigenvalue weighted by Gasteiger charge is 2.48. The van der Waals surface area contributed by atoms with Crippen molar-refractivity contribution in [3.63, 3.8) is 0 Å². The summed E-state index contributed by atoms with van der Waals surface area (Å²) in [5.74, 6) is -1.64. The molecule has 34 heavy (non-hydrogen) atoms. The molecule has 1 aromatic rings. The minimum atomic E-state index is -2.53. The summed E-state index contributed by atoms with van der Waals surface area (Å²) in [6.45, 7) is 12.0. The maximum atomic E-state index is 15.9. The maximum Gasteiger partial charge on any atom is 0.326 e. The Balaban J connectivity index is 0.000000686. The van der Waals surface area contributed by atoms with Gasteiger partial charge in [0, 0.05) is 27.0 Å². The molecule has 10 heteroatoms. The SMILES string of the molecule is CNC(=O)c1ccc(S(F)(C(C)(C)C)C(C)(C)C)cc1.NCCCC[C@@H](NC(=O)CN)C(=O)O. The number of carbonyl (C=O) groups excluding carboxylic acids is 2. The van der Waals surface area contributed by atoms with E-state index < -0.39 is 37.8 Å². The molecule has 0 aromatic heterocycles. The second-order valence-electron chi connectivity index (χ2n) is 9.81. The van der Waals surface area contributed by atoms with Crippen molar-refractivity contribution in [2.24, 2.45) is 11.5 Å². The summed E-state index contributed by atoms with van der Waals surface area (Å²) >= 11 is 0. The molecule has 0 fully saturated rings. The lowest BCUT2D eigenvalue weighted by Crippen LogP contribution is -2.43. The largest absolute Gasteiger partial charge is 0.480 e. The van der Waals surface area contributed by atoms with Gasteiger partial charge in [0.15, 0.2) is 0 Å². The molecule has 0 aliphatic rings. The third-order valence-corrected chi connectivity index (χ3v) is 9.42. The number of aliphatic carboxylic acids is 1. The van der Waals surface area contributed by atoms with E-state index in [1.807, 2.05) is 41.5 Å². The Bertz CT molecular complexity index is 791. The Kier molecular flexibility index (Phi) is 12.8. The van der Waals surface area contributed by atoms with Crippen molar-refractivity contribution in [3.8, 4) is 0 Å². The fourth-order valence-corrected chi connectivity index (χ4v) is 7.33. The molecule has 0 spiro atoms. The molecule has 1 rings (SSSR count). The number of rotatable bonds is 9. The number of hydrogen-bond donors (Lipinski definition) is 5. The number of amides is 2. The molecule has 0 saturated heterocycles. The molecule has 0 aliphatic carbocycles. The average Bonchev–Trinajstić information content (AvgIpc) is 2.76. The van der Waals surface area contributed by atoms with E-state index in [0.29, 0.717) is 29.8 Å². The van der Waals surface area contributed by atoms with Gasteiger partial charge < -0.3 is 27.2 Å². The number of carboxylic acids is 1. The highest BCUT2D eigenvalue weighted by molar-refractivity contribution is 8.31. The monoisotopic (exact) mass is 502 g/mol. The smallest absolute Gasteiger partial charge is 0.326 e. The van der Waals surface area contributed by atoms with Gasteiger partial charge in [-0.3, -0.25) is 9.59 Å². The predicted octanol–water partition coefficient (Wildman–Crippen LogP) is 3.33. The van der Waals surface area contributed by atoms with Crippen molar-refractivity contribution in [2.45, 2.75) is 81.2 Å². The number of halogens is 1. The topological polar surface area (TPSA) is 148 Å². The zero-order chi connectivity index (χ0) is 26.7. The first kappa shape index (κ1) is 31.8. The molecule has 0 saturated carbocycles. The molecule has 8 nitrogen and oxygen atoms in total. The predicted molar refractivity (Wildman–Crippen MR) is 138 cm³/mol. The first-order chi connectivity index (χ1) is 15.6. The fraction of sp³-hybridized carbons (Fsp3) is 0.625. The van der Waals surface area contributed by atoms with Crippen LogP contribution in [-0.4, -0.2) is 58.6 Å². The first-order valence-electron chi connectivity index (χ1n) is 11.3. The van der Waals surface area contributed by atoms with E-state index in [2.05, 4.69) is 10.6 Å². The fourth-order valence-electron chi connectivity index (χ4n) is 3.57. The van der Waals surface area contributed by atoms with Crippen LogP contribution in [-0.2, 0) is 9.59 Å². The van der Waals surface area contributed by atoms with Crippen LogP contribution in [0, 0.1) is 0 Å². The van der Waals surface area contributed by atoms with E-state index in [1.165, 1.54) is 0 Å². The third-order valence-electron chi connectivity index (χ3n) is 5.12. The summed E-state index contributed by atoms with van der Waals surface area (Å²) < 4.78 is 15.0. The highest BCUT2D eigenvalue weighted by Crippen LogP contribution is 2.73. The van der Waals surface area contributed by atoms with Gasteiger partial charge in [-0.25, -0.2) is 4.79 Å². The normalized spacial score (nSPS) is 13.2. The van der Waals surface area contributed by atoms with E-state index in [0.717, 1.165) is 6.42 Å². The Hall–Kier alpha value is -2.17. The van der Waals surface area contributed by atoms with Gasteiger partial charge in [-0.15, -0.1) is 0 Å². The molecular weight excluding hydrogens is 459 g/mol. The highest BCUT2D eigenvalue weighted by atomic mass is 32.3. The van der Waals surface area contributed by atoms with Gasteiger partial charge in [0.05, 0.1) is 6.54 Å². The van der Waals surface area contributed by atoms with Crippen LogP contribution >= 0.6 is 10.4 Å². The van der Waals surface area contributed by atoms with E-state index in [9.17, 15) is 14.4 Å². The van der Waals surface area contributed by atoms with Crippen LogP contribution in [0.4, 0.5) is 3.89 Å². The van der Waals surface area contributed by atoms with Crippen molar-refractivity contribution in [1.82, 2.24) is 10.6 Å². The van der Waals surface area contributed by atoms with Gasteiger partial charge in [0.25, 0.3) is 5.91 Å². The average molecular weight is 503 g/mol. The Morgan fingerprint density at radius 2 is 1.50 bits per heavy atom. The molecule has 2 amide bonds. The van der Waals surface area contributed by atoms with E-state index >= 15 is 3.89 Å². The Morgan fingerprint density at radius 3 is 1.85 bits per heavy atom. The van der Waals surface area contributed by atoms with Gasteiger partial charge in [0.2, 0.25) is 5.91 Å². The minimum absolute atomic E-state index is 0.150. The second-order valence-corrected chi connectivity index (χ2v) is 13.8. The van der Waals surface area contributed by atoms with Gasteiger partial charge in [0.1, 0.15) is 6.04 Å². The summed E-state index contributed by atoms with van der Waals surface area (Å²) in [6.07, 6.45) is 1.82. The molecule has 196 valence electrons. The summed E-state index contributed by atoms with van der Waals surface area (Å²) in [4.78, 5) is 33.8. The number of unbranched alkanes of at least 4 members (excludes halogenated alkanes) is 1. The molecule has 1 aromatic carbocycles. The number of hydrogen-bond acceptors (Lipinski definition) is 5. The number of nitrogens with two attached hydrogens (primary N) is 2. The number of benzene rings is 1. The van der Waals surface area contributed by atoms with Crippen LogP contribution < -0.4 is 22.1 Å². The van der Waals surface area contributed by atoms with Gasteiger partial charge in [-0.05, 0) is 91.6 Å². The summed E-state index contributed by atoms with van der Waals surface area (Å²) in [5.41, 5.74) is 10.9. The molecule has 0 aliphatic heterocycles. The number of carbonyl (C=O) groups is 3. The zero-order valence-corrected chi connectivity index (χ0v) is 22.4. The standard InChI is InChI=1S/C16H26FNOS.C8H17N3O3/c1-15(2,3)20(17,16(4,5)6)13-10-8-12(9-11-13)14(19)18-7;9-4-2-1-3-6(8(13)14)11-7(12)5-10/h8-11H,1-7H3,(H,18,19);6H,1-5,9-10H2,(H,11,12)(H,13,14)/t;6-/m.1/s1. The van der Waals surface area contributed by atoms with Gasteiger partial charge in [-0.2, -0.15) is 3.89 Å². The van der Waals surface area contributed by atoms with Crippen LogP contribution in [0.2, 0.25) is 0 Å². The minimum Gasteiger partial charge on any atom is -0.480 e. The quantitative estimate of drug-likeness (QED) is 0.327. The molecule has 0 bridgehead atoms. The molecule has 1 atom stereocenters. The lowest BCUT2D eigenvalue weighted by atomic mass is 10.1.